The van der Waals surface area contributed by atoms with Gasteiger partial charge in [-0.1, -0.05) is 133 Å². The zero-order chi connectivity index (χ0) is 28.7. The van der Waals surface area contributed by atoms with E-state index in [4.69, 9.17) is 9.84 Å². The molecule has 0 radical (unpaired) electrons. The molecule has 0 heterocycles. The summed E-state index contributed by atoms with van der Waals surface area (Å²) >= 11 is 0. The highest BCUT2D eigenvalue weighted by atomic mass is 16.5. The summed E-state index contributed by atoms with van der Waals surface area (Å²) in [5, 5.41) is 8.83. The molecule has 0 saturated heterocycles. The van der Waals surface area contributed by atoms with E-state index >= 15 is 0 Å². The first-order valence-corrected chi connectivity index (χ1v) is 16.1. The van der Waals surface area contributed by atoms with E-state index in [2.05, 4.69) is 56.4 Å². The summed E-state index contributed by atoms with van der Waals surface area (Å²) in [4.78, 5) is 23.2. The molecule has 1 N–H and O–H groups in total. The zero-order valence-corrected chi connectivity index (χ0v) is 25.4. The van der Waals surface area contributed by atoms with Gasteiger partial charge in [-0.2, -0.15) is 0 Å². The number of allylic oxidation sites excluding steroid dienone is 7. The van der Waals surface area contributed by atoms with E-state index in [9.17, 15) is 9.59 Å². The third-order valence-corrected chi connectivity index (χ3v) is 6.80. The zero-order valence-electron chi connectivity index (χ0n) is 25.4. The minimum atomic E-state index is -0.751. The number of ether oxygens (including phenoxy) is 1. The van der Waals surface area contributed by atoms with Crippen molar-refractivity contribution in [2.75, 3.05) is 0 Å². The predicted octanol–water partition coefficient (Wildman–Crippen LogP) is 10.8. The van der Waals surface area contributed by atoms with Crippen LogP contribution in [-0.4, -0.2) is 23.1 Å². The third-order valence-electron chi connectivity index (χ3n) is 6.80. The second-order valence-electron chi connectivity index (χ2n) is 10.6. The first-order chi connectivity index (χ1) is 19.1. The Labute approximate surface area is 241 Å². The minimum absolute atomic E-state index is 0.111. The quantitative estimate of drug-likeness (QED) is 0.0604. The highest BCUT2D eigenvalue weighted by molar-refractivity contribution is 5.69. The molecule has 224 valence electrons. The fraction of sp³-hybridized carbons (Fsp3) is 0.714. The number of unbranched alkanes of at least 4 members (excludes halogenated alkanes) is 13. The van der Waals surface area contributed by atoms with Gasteiger partial charge in [0.05, 0.1) is 0 Å². The average Bonchev–Trinajstić information content (AvgIpc) is 2.91. The first kappa shape index (κ1) is 36.9. The van der Waals surface area contributed by atoms with Gasteiger partial charge in [0.1, 0.15) is 6.10 Å². The normalized spacial score (nSPS) is 12.9. The lowest BCUT2D eigenvalue weighted by atomic mass is 10.0. The van der Waals surface area contributed by atoms with E-state index in [1.54, 1.807) is 0 Å². The van der Waals surface area contributed by atoms with E-state index in [1.807, 2.05) is 6.08 Å². The van der Waals surface area contributed by atoms with Gasteiger partial charge in [0, 0.05) is 12.8 Å². The largest absolute Gasteiger partial charge is 0.481 e. The molecule has 4 nitrogen and oxygen atoms in total. The van der Waals surface area contributed by atoms with Crippen LogP contribution in [0.2, 0.25) is 0 Å². The van der Waals surface area contributed by atoms with Crippen LogP contribution in [0.3, 0.4) is 0 Å². The molecule has 0 aliphatic heterocycles. The van der Waals surface area contributed by atoms with E-state index in [-0.39, 0.29) is 18.5 Å². The summed E-state index contributed by atoms with van der Waals surface area (Å²) in [6, 6.07) is 0. The van der Waals surface area contributed by atoms with Gasteiger partial charge < -0.3 is 9.84 Å². The molecule has 0 fully saturated rings. The van der Waals surface area contributed by atoms with Crippen molar-refractivity contribution in [3.63, 3.8) is 0 Å². The first-order valence-electron chi connectivity index (χ1n) is 16.1. The molecule has 1 atom stereocenters. The van der Waals surface area contributed by atoms with Crippen LogP contribution >= 0.6 is 0 Å². The van der Waals surface area contributed by atoms with Gasteiger partial charge in [-0.3, -0.25) is 9.59 Å². The second kappa shape index (κ2) is 30.4. The van der Waals surface area contributed by atoms with E-state index in [0.717, 1.165) is 57.8 Å². The van der Waals surface area contributed by atoms with Gasteiger partial charge in [0.25, 0.3) is 0 Å². The van der Waals surface area contributed by atoms with Crippen LogP contribution in [-0.2, 0) is 14.3 Å². The predicted molar refractivity (Wildman–Crippen MR) is 167 cm³/mol. The van der Waals surface area contributed by atoms with Crippen molar-refractivity contribution >= 4 is 11.9 Å². The van der Waals surface area contributed by atoms with Gasteiger partial charge in [-0.05, 0) is 57.4 Å². The van der Waals surface area contributed by atoms with Crippen molar-refractivity contribution < 1.29 is 19.4 Å². The Morgan fingerprint density at radius 3 is 1.59 bits per heavy atom. The number of hydrogen-bond donors (Lipinski definition) is 1. The maximum Gasteiger partial charge on any atom is 0.306 e. The molecule has 0 saturated carbocycles. The maximum atomic E-state index is 12.5. The maximum absolute atomic E-state index is 12.5. The molecule has 0 rings (SSSR count). The smallest absolute Gasteiger partial charge is 0.306 e. The monoisotopic (exact) mass is 544 g/mol. The summed E-state index contributed by atoms with van der Waals surface area (Å²) in [7, 11) is 0. The molecule has 0 amide bonds. The topological polar surface area (TPSA) is 63.6 Å². The van der Waals surface area contributed by atoms with Crippen LogP contribution in [0.15, 0.2) is 48.6 Å². The van der Waals surface area contributed by atoms with Crippen molar-refractivity contribution in [1.29, 1.82) is 0 Å². The Morgan fingerprint density at radius 2 is 1.05 bits per heavy atom. The van der Waals surface area contributed by atoms with E-state index < -0.39 is 5.97 Å². The molecule has 0 aromatic carbocycles. The SMILES string of the molecule is CC/C=C\C/C=C\C/C=C\C/C=C\C(CCCCCC(=O)O)OC(=O)CCCCCCCCCCCCCC. The van der Waals surface area contributed by atoms with Crippen molar-refractivity contribution in [2.24, 2.45) is 0 Å². The molecule has 0 aromatic rings. The minimum Gasteiger partial charge on any atom is -0.481 e. The van der Waals surface area contributed by atoms with Gasteiger partial charge in [0.15, 0.2) is 0 Å². The van der Waals surface area contributed by atoms with Crippen molar-refractivity contribution in [1.82, 2.24) is 0 Å². The van der Waals surface area contributed by atoms with Crippen LogP contribution in [0.25, 0.3) is 0 Å². The number of hydrogen-bond acceptors (Lipinski definition) is 3. The molecular weight excluding hydrogens is 484 g/mol. The fourth-order valence-electron chi connectivity index (χ4n) is 4.44. The lowest BCUT2D eigenvalue weighted by molar-refractivity contribution is -0.147. The van der Waals surface area contributed by atoms with Gasteiger partial charge in [0.2, 0.25) is 0 Å². The molecular formula is C35H60O4. The molecule has 0 aromatic heterocycles. The Morgan fingerprint density at radius 1 is 0.590 bits per heavy atom. The van der Waals surface area contributed by atoms with Crippen molar-refractivity contribution in [3.8, 4) is 0 Å². The molecule has 0 spiro atoms. The molecule has 4 heteroatoms. The number of carboxylic acids is 1. The van der Waals surface area contributed by atoms with Crippen LogP contribution in [0.4, 0.5) is 0 Å². The number of carbonyl (C=O) groups excluding carboxylic acids is 1. The number of carboxylic acid groups (broad SMARTS) is 1. The Kier molecular flexibility index (Phi) is 28.8. The number of carbonyl (C=O) groups is 2. The Bertz CT molecular complexity index is 674. The number of aliphatic carboxylic acids is 1. The molecule has 0 bridgehead atoms. The van der Waals surface area contributed by atoms with E-state index in [0.29, 0.717) is 12.8 Å². The highest BCUT2D eigenvalue weighted by Gasteiger charge is 2.11. The summed E-state index contributed by atoms with van der Waals surface area (Å²) in [6.07, 6.45) is 39.8. The Balaban J connectivity index is 4.19. The summed E-state index contributed by atoms with van der Waals surface area (Å²) in [5.41, 5.74) is 0. The fourth-order valence-corrected chi connectivity index (χ4v) is 4.44. The molecule has 1 unspecified atom stereocenters. The van der Waals surface area contributed by atoms with Gasteiger partial charge in [-0.15, -0.1) is 0 Å². The molecule has 0 aliphatic rings. The standard InChI is InChI=1S/C35H60O4/c1-3-5-7-9-11-13-15-17-19-21-23-28-32-35(38)39-33(30-26-24-27-31-34(36)37)29-25-22-20-18-16-14-12-10-8-6-4-2/h6,8,12,14,18,20,25,29,33H,3-5,7,9-11,13,15-17,19,21-24,26-28,30-32H2,1-2H3,(H,36,37)/b8-6-,14-12-,20-18-,29-25-. The van der Waals surface area contributed by atoms with Gasteiger partial charge >= 0.3 is 11.9 Å². The van der Waals surface area contributed by atoms with Crippen LogP contribution in [0.1, 0.15) is 155 Å². The number of esters is 1. The van der Waals surface area contributed by atoms with E-state index in [1.165, 1.54) is 64.2 Å². The van der Waals surface area contributed by atoms with Crippen LogP contribution in [0, 0.1) is 0 Å². The summed E-state index contributed by atoms with van der Waals surface area (Å²) in [5.74, 6) is -0.862. The van der Waals surface area contributed by atoms with Crippen LogP contribution < -0.4 is 0 Å². The van der Waals surface area contributed by atoms with Gasteiger partial charge in [-0.25, -0.2) is 0 Å². The second-order valence-corrected chi connectivity index (χ2v) is 10.6. The summed E-state index contributed by atoms with van der Waals surface area (Å²) < 4.78 is 5.79. The summed E-state index contributed by atoms with van der Waals surface area (Å²) in [6.45, 7) is 4.40. The Hall–Kier alpha value is -2.10. The average molecular weight is 545 g/mol. The lowest BCUT2D eigenvalue weighted by Gasteiger charge is -2.14. The highest BCUT2D eigenvalue weighted by Crippen LogP contribution is 2.15. The van der Waals surface area contributed by atoms with Crippen molar-refractivity contribution in [2.45, 2.75) is 161 Å². The third kappa shape index (κ3) is 30.3. The van der Waals surface area contributed by atoms with Crippen LogP contribution in [0.5, 0.6) is 0 Å². The number of rotatable bonds is 28. The lowest BCUT2D eigenvalue weighted by Crippen LogP contribution is -2.16. The molecule has 39 heavy (non-hydrogen) atoms. The van der Waals surface area contributed by atoms with Crippen molar-refractivity contribution in [3.05, 3.63) is 48.6 Å². The molecule has 0 aliphatic carbocycles.